The van der Waals surface area contributed by atoms with Gasteiger partial charge in [0.05, 0.1) is 0 Å². The lowest BCUT2D eigenvalue weighted by atomic mass is 10.3. The van der Waals surface area contributed by atoms with Crippen LogP contribution in [0.5, 0.6) is 0 Å². The highest BCUT2D eigenvalue weighted by Crippen LogP contribution is 1.86. The van der Waals surface area contributed by atoms with Crippen molar-refractivity contribution >= 4 is 0 Å². The molecular weight excluding hydrogens is 198 g/mol. The summed E-state index contributed by atoms with van der Waals surface area (Å²) in [6.07, 6.45) is 3.78. The van der Waals surface area contributed by atoms with Gasteiger partial charge in [0.25, 0.3) is 0 Å². The van der Waals surface area contributed by atoms with Gasteiger partial charge in [0.2, 0.25) is 0 Å². The maximum absolute atomic E-state index is 3.44. The molecule has 3 N–H and O–H groups in total. The molecule has 0 atom stereocenters. The van der Waals surface area contributed by atoms with Crippen LogP contribution in [-0.2, 0) is 0 Å². The minimum absolute atomic E-state index is 0.624. The second-order valence-electron chi connectivity index (χ2n) is 4.02. The molecule has 0 fully saturated rings. The van der Waals surface area contributed by atoms with Gasteiger partial charge >= 0.3 is 0 Å². The Kier molecular flexibility index (Phi) is 19.7. The van der Waals surface area contributed by atoms with E-state index in [1.807, 2.05) is 20.9 Å². The molecule has 0 rings (SSSR count). The van der Waals surface area contributed by atoms with Gasteiger partial charge in [-0.1, -0.05) is 27.7 Å². The van der Waals surface area contributed by atoms with E-state index in [9.17, 15) is 0 Å². The van der Waals surface area contributed by atoms with Crippen molar-refractivity contribution in [3.05, 3.63) is 0 Å². The first-order valence-corrected chi connectivity index (χ1v) is 6.86. The highest BCUT2D eigenvalue weighted by atomic mass is 14.9. The van der Waals surface area contributed by atoms with E-state index in [1.165, 1.54) is 19.3 Å². The Morgan fingerprint density at radius 2 is 1.38 bits per heavy atom. The molecule has 0 aliphatic rings. The minimum atomic E-state index is 0.624. The van der Waals surface area contributed by atoms with Crippen LogP contribution in [0.1, 0.15) is 47.0 Å². The van der Waals surface area contributed by atoms with E-state index < -0.39 is 0 Å². The van der Waals surface area contributed by atoms with Crippen molar-refractivity contribution in [3.8, 4) is 0 Å². The van der Waals surface area contributed by atoms with Crippen molar-refractivity contribution in [1.29, 1.82) is 0 Å². The van der Waals surface area contributed by atoms with Crippen LogP contribution in [0.3, 0.4) is 0 Å². The average Bonchev–Trinajstić information content (AvgIpc) is 2.29. The molecule has 16 heavy (non-hydrogen) atoms. The van der Waals surface area contributed by atoms with E-state index in [-0.39, 0.29) is 0 Å². The molecule has 0 spiro atoms. The van der Waals surface area contributed by atoms with Gasteiger partial charge in [0.15, 0.2) is 0 Å². The molecule has 0 saturated heterocycles. The van der Waals surface area contributed by atoms with E-state index in [0.717, 1.165) is 26.2 Å². The quantitative estimate of drug-likeness (QED) is 0.503. The standard InChI is InChI=1S/C11H27N3.C2H6/c1-11(2)14-10-5-4-8-13-9-6-7-12-3;1-2/h11-14H,4-10H2,1-3H3;1-2H3. The number of hydrogen-bond donors (Lipinski definition) is 3. The molecule has 0 aromatic carbocycles. The molecule has 0 unspecified atom stereocenters. The van der Waals surface area contributed by atoms with Gasteiger partial charge in [-0.25, -0.2) is 0 Å². The molecule has 0 aliphatic heterocycles. The lowest BCUT2D eigenvalue weighted by molar-refractivity contribution is 0.536. The average molecular weight is 231 g/mol. The Bertz CT molecular complexity index is 105. The molecule has 0 radical (unpaired) electrons. The molecular formula is C13H33N3. The summed E-state index contributed by atoms with van der Waals surface area (Å²) in [5, 5.41) is 10.0. The van der Waals surface area contributed by atoms with Gasteiger partial charge in [-0.3, -0.25) is 0 Å². The van der Waals surface area contributed by atoms with E-state index >= 15 is 0 Å². The minimum Gasteiger partial charge on any atom is -0.320 e. The smallest absolute Gasteiger partial charge is 0.00103 e. The number of rotatable bonds is 10. The first-order chi connectivity index (χ1) is 7.77. The van der Waals surface area contributed by atoms with Gasteiger partial charge in [-0.2, -0.15) is 0 Å². The first-order valence-electron chi connectivity index (χ1n) is 6.86. The first kappa shape index (κ1) is 18.3. The third kappa shape index (κ3) is 19.5. The van der Waals surface area contributed by atoms with Crippen LogP contribution in [0.25, 0.3) is 0 Å². The van der Waals surface area contributed by atoms with Crippen molar-refractivity contribution in [1.82, 2.24) is 16.0 Å². The van der Waals surface area contributed by atoms with Crippen LogP contribution in [-0.4, -0.2) is 39.3 Å². The summed E-state index contributed by atoms with van der Waals surface area (Å²) in [6, 6.07) is 0.624. The highest BCUT2D eigenvalue weighted by Gasteiger charge is 1.92. The number of unbranched alkanes of at least 4 members (excludes halogenated alkanes) is 1. The fraction of sp³-hybridized carbons (Fsp3) is 1.00. The van der Waals surface area contributed by atoms with E-state index in [1.54, 1.807) is 0 Å². The van der Waals surface area contributed by atoms with Crippen LogP contribution < -0.4 is 16.0 Å². The SMILES string of the molecule is CC.CNCCCNCCCCNC(C)C. The number of nitrogens with one attached hydrogen (secondary N) is 3. The van der Waals surface area contributed by atoms with Crippen LogP contribution >= 0.6 is 0 Å². The summed E-state index contributed by atoms with van der Waals surface area (Å²) in [5.41, 5.74) is 0. The summed E-state index contributed by atoms with van der Waals surface area (Å²) in [7, 11) is 2.00. The van der Waals surface area contributed by atoms with Gasteiger partial charge in [-0.05, 0) is 52.5 Å². The fourth-order valence-electron chi connectivity index (χ4n) is 1.28. The van der Waals surface area contributed by atoms with Crippen molar-refractivity contribution in [2.24, 2.45) is 0 Å². The van der Waals surface area contributed by atoms with E-state index in [2.05, 4.69) is 29.8 Å². The highest BCUT2D eigenvalue weighted by molar-refractivity contribution is 4.55. The molecule has 100 valence electrons. The maximum Gasteiger partial charge on any atom is 0.00103 e. The zero-order valence-electron chi connectivity index (χ0n) is 12.0. The van der Waals surface area contributed by atoms with Crippen LogP contribution in [0, 0.1) is 0 Å². The summed E-state index contributed by atoms with van der Waals surface area (Å²) in [4.78, 5) is 0. The van der Waals surface area contributed by atoms with Gasteiger partial charge in [-0.15, -0.1) is 0 Å². The topological polar surface area (TPSA) is 36.1 Å². The van der Waals surface area contributed by atoms with Crippen molar-refractivity contribution < 1.29 is 0 Å². The lowest BCUT2D eigenvalue weighted by Gasteiger charge is -2.08. The molecule has 0 amide bonds. The third-order valence-electron chi connectivity index (χ3n) is 2.11. The monoisotopic (exact) mass is 231 g/mol. The zero-order chi connectivity index (χ0) is 12.6. The predicted molar refractivity (Wildman–Crippen MR) is 75.1 cm³/mol. The summed E-state index contributed by atoms with van der Waals surface area (Å²) in [6.45, 7) is 12.9. The van der Waals surface area contributed by atoms with Crippen LogP contribution in [0.4, 0.5) is 0 Å². The van der Waals surface area contributed by atoms with Gasteiger partial charge < -0.3 is 16.0 Å². The Hall–Kier alpha value is -0.120. The Morgan fingerprint density at radius 1 is 0.812 bits per heavy atom. The van der Waals surface area contributed by atoms with Crippen molar-refractivity contribution in [2.45, 2.75) is 53.0 Å². The molecule has 0 aromatic heterocycles. The molecule has 0 saturated carbocycles. The van der Waals surface area contributed by atoms with E-state index in [0.29, 0.717) is 6.04 Å². The molecule has 0 heterocycles. The maximum atomic E-state index is 3.44. The van der Waals surface area contributed by atoms with E-state index in [4.69, 9.17) is 0 Å². The summed E-state index contributed by atoms with van der Waals surface area (Å²) >= 11 is 0. The van der Waals surface area contributed by atoms with Crippen molar-refractivity contribution in [2.75, 3.05) is 33.2 Å². The Labute approximate surface area is 103 Å². The second-order valence-corrected chi connectivity index (χ2v) is 4.02. The Balaban J connectivity index is 0. The number of hydrogen-bond acceptors (Lipinski definition) is 3. The molecule has 0 bridgehead atoms. The molecule has 0 aliphatic carbocycles. The van der Waals surface area contributed by atoms with Crippen LogP contribution in [0.15, 0.2) is 0 Å². The van der Waals surface area contributed by atoms with Gasteiger partial charge in [0, 0.05) is 6.04 Å². The fourth-order valence-corrected chi connectivity index (χ4v) is 1.28. The summed E-state index contributed by atoms with van der Waals surface area (Å²) < 4.78 is 0. The summed E-state index contributed by atoms with van der Waals surface area (Å²) in [5.74, 6) is 0. The van der Waals surface area contributed by atoms with Gasteiger partial charge in [0.1, 0.15) is 0 Å². The third-order valence-corrected chi connectivity index (χ3v) is 2.11. The van der Waals surface area contributed by atoms with Crippen molar-refractivity contribution in [3.63, 3.8) is 0 Å². The lowest BCUT2D eigenvalue weighted by Crippen LogP contribution is -2.25. The normalized spacial score (nSPS) is 10.1. The largest absolute Gasteiger partial charge is 0.320 e. The van der Waals surface area contributed by atoms with Crippen LogP contribution in [0.2, 0.25) is 0 Å². The Morgan fingerprint density at radius 3 is 1.94 bits per heavy atom. The second kappa shape index (κ2) is 17.3. The molecule has 3 nitrogen and oxygen atoms in total. The molecule has 3 heteroatoms. The zero-order valence-corrected chi connectivity index (χ0v) is 12.0. The predicted octanol–water partition coefficient (Wildman–Crippen LogP) is 1.99. The molecule has 0 aromatic rings.